The van der Waals surface area contributed by atoms with Gasteiger partial charge in [-0.25, -0.2) is 0 Å². The molecular weight excluding hydrogens is 204 g/mol. The summed E-state index contributed by atoms with van der Waals surface area (Å²) in [6, 6.07) is 19.5. The second kappa shape index (κ2) is 4.06. The number of rotatable bonds is 1. The summed E-state index contributed by atoms with van der Waals surface area (Å²) in [5.41, 5.74) is 1.29. The Labute approximate surface area is 101 Å². The predicted octanol–water partition coefficient (Wildman–Crippen LogP) is 5.03. The van der Waals surface area contributed by atoms with Gasteiger partial charge in [0.15, 0.2) is 0 Å². The molecule has 0 heteroatoms. The normalized spacial score (nSPS) is 11.6. The molecule has 0 unspecified atom stereocenters. The van der Waals surface area contributed by atoms with E-state index in [0.29, 0.717) is 0 Å². The SMILES string of the molecule is CC=Cc1cccc2c1ccc1ccccc12. The van der Waals surface area contributed by atoms with E-state index in [9.17, 15) is 0 Å². The predicted molar refractivity (Wildman–Crippen MR) is 76.2 cm³/mol. The Balaban J connectivity index is 2.48. The highest BCUT2D eigenvalue weighted by atomic mass is 14.1. The van der Waals surface area contributed by atoms with E-state index in [1.165, 1.54) is 27.1 Å². The first kappa shape index (κ1) is 10.1. The second-order valence-corrected chi connectivity index (χ2v) is 4.23. The summed E-state index contributed by atoms with van der Waals surface area (Å²) in [7, 11) is 0. The van der Waals surface area contributed by atoms with Crippen LogP contribution >= 0.6 is 0 Å². The fourth-order valence-electron chi connectivity index (χ4n) is 2.39. The zero-order chi connectivity index (χ0) is 11.7. The lowest BCUT2D eigenvalue weighted by atomic mass is 9.98. The fraction of sp³-hybridized carbons (Fsp3) is 0.0588. The van der Waals surface area contributed by atoms with Gasteiger partial charge in [0.2, 0.25) is 0 Å². The molecule has 3 aromatic carbocycles. The molecule has 0 aromatic heterocycles. The molecule has 0 aliphatic rings. The van der Waals surface area contributed by atoms with Crippen LogP contribution in [0.4, 0.5) is 0 Å². The van der Waals surface area contributed by atoms with Crippen molar-refractivity contribution in [2.24, 2.45) is 0 Å². The van der Waals surface area contributed by atoms with Crippen LogP contribution in [0.5, 0.6) is 0 Å². The van der Waals surface area contributed by atoms with Gasteiger partial charge in [0.25, 0.3) is 0 Å². The molecular formula is C17H14. The summed E-state index contributed by atoms with van der Waals surface area (Å²) in [6.45, 7) is 2.06. The lowest BCUT2D eigenvalue weighted by Gasteiger charge is -2.06. The van der Waals surface area contributed by atoms with Crippen molar-refractivity contribution in [3.8, 4) is 0 Å². The molecule has 3 rings (SSSR count). The van der Waals surface area contributed by atoms with E-state index in [1.54, 1.807) is 0 Å². The van der Waals surface area contributed by atoms with Gasteiger partial charge < -0.3 is 0 Å². The molecule has 0 aliphatic heterocycles. The van der Waals surface area contributed by atoms with Crippen LogP contribution in [0.25, 0.3) is 27.6 Å². The van der Waals surface area contributed by atoms with Gasteiger partial charge in [0.1, 0.15) is 0 Å². The third-order valence-corrected chi connectivity index (χ3v) is 3.17. The Bertz CT molecular complexity index is 705. The number of benzene rings is 3. The van der Waals surface area contributed by atoms with Crippen LogP contribution in [0.15, 0.2) is 60.7 Å². The van der Waals surface area contributed by atoms with Crippen LogP contribution < -0.4 is 0 Å². The van der Waals surface area contributed by atoms with E-state index in [2.05, 4.69) is 73.7 Å². The Hall–Kier alpha value is -2.08. The monoisotopic (exact) mass is 218 g/mol. The van der Waals surface area contributed by atoms with Crippen molar-refractivity contribution in [2.75, 3.05) is 0 Å². The van der Waals surface area contributed by atoms with Crippen molar-refractivity contribution in [2.45, 2.75) is 6.92 Å². The molecule has 0 saturated carbocycles. The fourth-order valence-corrected chi connectivity index (χ4v) is 2.39. The minimum absolute atomic E-state index is 1.29. The highest BCUT2D eigenvalue weighted by molar-refractivity contribution is 6.09. The highest BCUT2D eigenvalue weighted by Crippen LogP contribution is 2.28. The average Bonchev–Trinajstić information content (AvgIpc) is 2.39. The summed E-state index contributed by atoms with van der Waals surface area (Å²) in [5.74, 6) is 0. The lowest BCUT2D eigenvalue weighted by Crippen LogP contribution is -1.80. The second-order valence-electron chi connectivity index (χ2n) is 4.23. The van der Waals surface area contributed by atoms with Gasteiger partial charge in [-0.05, 0) is 34.0 Å². The minimum Gasteiger partial charge on any atom is -0.0870 e. The summed E-state index contributed by atoms with van der Waals surface area (Å²) in [6.07, 6.45) is 4.25. The maximum atomic E-state index is 2.22. The standard InChI is InChI=1S/C17H14/c1-2-6-13-8-5-10-17-15-9-4-3-7-14(15)11-12-16(13)17/h2-12H,1H3. The van der Waals surface area contributed by atoms with Crippen LogP contribution in [0, 0.1) is 0 Å². The quantitative estimate of drug-likeness (QED) is 0.503. The molecule has 0 spiro atoms. The zero-order valence-electron chi connectivity index (χ0n) is 9.85. The first-order valence-electron chi connectivity index (χ1n) is 5.93. The number of allylic oxidation sites excluding steroid dienone is 1. The molecule has 82 valence electrons. The van der Waals surface area contributed by atoms with Gasteiger partial charge >= 0.3 is 0 Å². The van der Waals surface area contributed by atoms with Crippen molar-refractivity contribution in [1.29, 1.82) is 0 Å². The third-order valence-electron chi connectivity index (χ3n) is 3.17. The van der Waals surface area contributed by atoms with Crippen LogP contribution in [0.1, 0.15) is 12.5 Å². The van der Waals surface area contributed by atoms with Crippen LogP contribution in [0.2, 0.25) is 0 Å². The lowest BCUT2D eigenvalue weighted by molar-refractivity contribution is 1.71. The van der Waals surface area contributed by atoms with E-state index < -0.39 is 0 Å². The maximum absolute atomic E-state index is 2.22. The van der Waals surface area contributed by atoms with Gasteiger partial charge in [0, 0.05) is 0 Å². The van der Waals surface area contributed by atoms with Crippen molar-refractivity contribution in [3.05, 3.63) is 66.2 Å². The van der Waals surface area contributed by atoms with E-state index in [0.717, 1.165) is 0 Å². The van der Waals surface area contributed by atoms with E-state index in [1.807, 2.05) is 0 Å². The van der Waals surface area contributed by atoms with Crippen LogP contribution in [0.3, 0.4) is 0 Å². The molecule has 0 N–H and O–H groups in total. The molecule has 3 aromatic rings. The molecule has 0 bridgehead atoms. The molecule has 0 radical (unpaired) electrons. The van der Waals surface area contributed by atoms with E-state index in [-0.39, 0.29) is 0 Å². The Kier molecular flexibility index (Phi) is 2.41. The summed E-state index contributed by atoms with van der Waals surface area (Å²) >= 11 is 0. The largest absolute Gasteiger partial charge is 0.0870 e. The van der Waals surface area contributed by atoms with Crippen LogP contribution in [-0.2, 0) is 0 Å². The van der Waals surface area contributed by atoms with E-state index in [4.69, 9.17) is 0 Å². The molecule has 0 fully saturated rings. The van der Waals surface area contributed by atoms with Crippen molar-refractivity contribution in [3.63, 3.8) is 0 Å². The number of hydrogen-bond acceptors (Lipinski definition) is 0. The third kappa shape index (κ3) is 1.62. The molecule has 0 amide bonds. The Morgan fingerprint density at radius 3 is 2.41 bits per heavy atom. The maximum Gasteiger partial charge on any atom is -0.00994 e. The average molecular weight is 218 g/mol. The van der Waals surface area contributed by atoms with Crippen LogP contribution in [-0.4, -0.2) is 0 Å². The van der Waals surface area contributed by atoms with Gasteiger partial charge in [-0.1, -0.05) is 66.7 Å². The first-order valence-corrected chi connectivity index (χ1v) is 5.93. The number of fused-ring (bicyclic) bond motifs is 3. The molecule has 0 heterocycles. The molecule has 0 nitrogen and oxygen atoms in total. The van der Waals surface area contributed by atoms with Gasteiger partial charge in [0.05, 0.1) is 0 Å². The molecule has 17 heavy (non-hydrogen) atoms. The molecule has 0 atom stereocenters. The van der Waals surface area contributed by atoms with Crippen molar-refractivity contribution >= 4 is 27.6 Å². The Morgan fingerprint density at radius 1 is 0.706 bits per heavy atom. The summed E-state index contributed by atoms with van der Waals surface area (Å²) in [5, 5.41) is 5.29. The van der Waals surface area contributed by atoms with Crippen molar-refractivity contribution < 1.29 is 0 Å². The Morgan fingerprint density at radius 2 is 1.53 bits per heavy atom. The molecule has 0 saturated heterocycles. The molecule has 0 aliphatic carbocycles. The minimum atomic E-state index is 1.29. The highest BCUT2D eigenvalue weighted by Gasteiger charge is 2.01. The van der Waals surface area contributed by atoms with Gasteiger partial charge in [-0.15, -0.1) is 0 Å². The topological polar surface area (TPSA) is 0 Å². The summed E-state index contributed by atoms with van der Waals surface area (Å²) < 4.78 is 0. The van der Waals surface area contributed by atoms with Gasteiger partial charge in [-0.2, -0.15) is 0 Å². The van der Waals surface area contributed by atoms with Crippen molar-refractivity contribution in [1.82, 2.24) is 0 Å². The van der Waals surface area contributed by atoms with Gasteiger partial charge in [-0.3, -0.25) is 0 Å². The number of hydrogen-bond donors (Lipinski definition) is 0. The van der Waals surface area contributed by atoms with E-state index >= 15 is 0 Å². The summed E-state index contributed by atoms with van der Waals surface area (Å²) in [4.78, 5) is 0. The smallest absolute Gasteiger partial charge is 0.00994 e. The zero-order valence-corrected chi connectivity index (χ0v) is 9.85. The first-order chi connectivity index (χ1) is 8.40.